The molecule has 1 saturated heterocycles. The Labute approximate surface area is 97.0 Å². The minimum absolute atomic E-state index is 0.377. The van der Waals surface area contributed by atoms with Crippen molar-refractivity contribution in [3.63, 3.8) is 0 Å². The van der Waals surface area contributed by atoms with E-state index in [4.69, 9.17) is 4.74 Å². The van der Waals surface area contributed by atoms with E-state index in [-0.39, 0.29) is 0 Å². The van der Waals surface area contributed by atoms with E-state index in [9.17, 15) is 0 Å². The average molecular weight is 276 g/mol. The Morgan fingerprint density at radius 1 is 1.71 bits per heavy atom. The van der Waals surface area contributed by atoms with Crippen molar-refractivity contribution in [2.24, 2.45) is 0 Å². The predicted molar refractivity (Wildman–Crippen MR) is 62.7 cm³/mol. The fourth-order valence-corrected chi connectivity index (χ4v) is 3.19. The number of rotatable bonds is 2. The molecule has 1 atom stereocenters. The van der Waals surface area contributed by atoms with Crippen LogP contribution in [-0.4, -0.2) is 30.7 Å². The Hall–Kier alpha value is 0.1000. The van der Waals surface area contributed by atoms with Crippen LogP contribution in [0, 0.1) is 0 Å². The highest BCUT2D eigenvalue weighted by molar-refractivity contribution is 9.10. The number of hydrogen-bond acceptors (Lipinski definition) is 3. The maximum absolute atomic E-state index is 5.51. The molecule has 1 unspecified atom stereocenters. The maximum Gasteiger partial charge on any atom is 0.0674 e. The molecule has 14 heavy (non-hydrogen) atoms. The molecule has 78 valence electrons. The first-order valence-electron chi connectivity index (χ1n) is 4.81. The van der Waals surface area contributed by atoms with Gasteiger partial charge in [0.15, 0.2) is 0 Å². The summed E-state index contributed by atoms with van der Waals surface area (Å²) < 4.78 is 6.75. The molecule has 1 aliphatic heterocycles. The van der Waals surface area contributed by atoms with Gasteiger partial charge in [0.05, 0.1) is 12.7 Å². The second kappa shape index (κ2) is 4.75. The van der Waals surface area contributed by atoms with Gasteiger partial charge in [0, 0.05) is 29.0 Å². The topological polar surface area (TPSA) is 12.5 Å². The summed E-state index contributed by atoms with van der Waals surface area (Å²) in [6.07, 6.45) is 0.377. The lowest BCUT2D eigenvalue weighted by molar-refractivity contribution is -0.0209. The summed E-state index contributed by atoms with van der Waals surface area (Å²) in [5, 5.41) is 2.13. The highest BCUT2D eigenvalue weighted by Gasteiger charge is 2.17. The molecule has 0 saturated carbocycles. The molecular formula is C10H14BrNOS. The first kappa shape index (κ1) is 10.6. The minimum Gasteiger partial charge on any atom is -0.376 e. The van der Waals surface area contributed by atoms with Crippen molar-refractivity contribution in [2.75, 3.05) is 19.7 Å². The molecule has 2 nitrogen and oxygen atoms in total. The number of halogens is 1. The SMILES string of the molecule is CC1CN(Cc2sccc2Br)CCO1. The van der Waals surface area contributed by atoms with Crippen molar-refractivity contribution in [3.05, 3.63) is 20.8 Å². The Balaban J connectivity index is 1.94. The van der Waals surface area contributed by atoms with Crippen LogP contribution in [0.3, 0.4) is 0 Å². The van der Waals surface area contributed by atoms with E-state index < -0.39 is 0 Å². The van der Waals surface area contributed by atoms with Gasteiger partial charge in [-0.2, -0.15) is 0 Å². The summed E-state index contributed by atoms with van der Waals surface area (Å²) in [7, 11) is 0. The Morgan fingerprint density at radius 3 is 3.21 bits per heavy atom. The van der Waals surface area contributed by atoms with Gasteiger partial charge in [0.1, 0.15) is 0 Å². The Morgan fingerprint density at radius 2 is 2.57 bits per heavy atom. The lowest BCUT2D eigenvalue weighted by atomic mass is 10.3. The summed E-state index contributed by atoms with van der Waals surface area (Å²) in [4.78, 5) is 3.86. The second-order valence-electron chi connectivity index (χ2n) is 3.61. The first-order valence-corrected chi connectivity index (χ1v) is 6.49. The molecule has 0 bridgehead atoms. The smallest absolute Gasteiger partial charge is 0.0674 e. The van der Waals surface area contributed by atoms with Gasteiger partial charge in [-0.05, 0) is 34.3 Å². The number of ether oxygens (including phenoxy) is 1. The van der Waals surface area contributed by atoms with Crippen LogP contribution >= 0.6 is 27.3 Å². The molecule has 1 aromatic heterocycles. The van der Waals surface area contributed by atoms with E-state index in [1.54, 1.807) is 0 Å². The molecular weight excluding hydrogens is 262 g/mol. The van der Waals surface area contributed by atoms with Crippen LogP contribution < -0.4 is 0 Å². The number of morpholine rings is 1. The van der Waals surface area contributed by atoms with Crippen LogP contribution in [0.4, 0.5) is 0 Å². The lowest BCUT2D eigenvalue weighted by Gasteiger charge is -2.30. The van der Waals surface area contributed by atoms with Gasteiger partial charge in [-0.15, -0.1) is 11.3 Å². The van der Waals surface area contributed by atoms with Gasteiger partial charge in [-0.25, -0.2) is 0 Å². The molecule has 2 heterocycles. The molecule has 1 aromatic rings. The summed E-state index contributed by atoms with van der Waals surface area (Å²) in [6, 6.07) is 2.11. The largest absolute Gasteiger partial charge is 0.376 e. The Bertz CT molecular complexity index is 302. The van der Waals surface area contributed by atoms with Gasteiger partial charge in [-0.3, -0.25) is 4.90 Å². The fraction of sp³-hybridized carbons (Fsp3) is 0.600. The summed E-state index contributed by atoms with van der Waals surface area (Å²) in [6.45, 7) is 6.14. The average Bonchev–Trinajstić information content (AvgIpc) is 2.52. The number of hydrogen-bond donors (Lipinski definition) is 0. The summed E-state index contributed by atoms with van der Waals surface area (Å²) >= 11 is 5.38. The van der Waals surface area contributed by atoms with E-state index in [1.165, 1.54) is 9.35 Å². The van der Waals surface area contributed by atoms with Crippen molar-refractivity contribution in [1.82, 2.24) is 4.90 Å². The van der Waals surface area contributed by atoms with Crippen molar-refractivity contribution in [2.45, 2.75) is 19.6 Å². The summed E-state index contributed by atoms with van der Waals surface area (Å²) in [5.74, 6) is 0. The standard InChI is InChI=1S/C10H14BrNOS/c1-8-6-12(3-4-13-8)7-10-9(11)2-5-14-10/h2,5,8H,3-4,6-7H2,1H3. The fourth-order valence-electron chi connectivity index (χ4n) is 1.68. The third kappa shape index (κ3) is 2.57. The van der Waals surface area contributed by atoms with Crippen molar-refractivity contribution >= 4 is 27.3 Å². The van der Waals surface area contributed by atoms with Crippen LogP contribution in [0.25, 0.3) is 0 Å². The van der Waals surface area contributed by atoms with Crippen LogP contribution in [-0.2, 0) is 11.3 Å². The predicted octanol–water partition coefficient (Wildman–Crippen LogP) is 2.73. The zero-order valence-electron chi connectivity index (χ0n) is 8.20. The zero-order valence-corrected chi connectivity index (χ0v) is 10.6. The number of nitrogens with zero attached hydrogens (tertiary/aromatic N) is 1. The molecule has 0 radical (unpaired) electrons. The normalized spacial score (nSPS) is 24.0. The summed E-state index contributed by atoms with van der Waals surface area (Å²) in [5.41, 5.74) is 0. The van der Waals surface area contributed by atoms with E-state index in [1.807, 2.05) is 11.3 Å². The van der Waals surface area contributed by atoms with Gasteiger partial charge in [-0.1, -0.05) is 0 Å². The lowest BCUT2D eigenvalue weighted by Crippen LogP contribution is -2.40. The maximum atomic E-state index is 5.51. The highest BCUT2D eigenvalue weighted by atomic mass is 79.9. The monoisotopic (exact) mass is 275 g/mol. The van der Waals surface area contributed by atoms with Crippen LogP contribution in [0.15, 0.2) is 15.9 Å². The van der Waals surface area contributed by atoms with Crippen LogP contribution in [0.5, 0.6) is 0 Å². The minimum atomic E-state index is 0.377. The molecule has 1 fully saturated rings. The van der Waals surface area contributed by atoms with Gasteiger partial charge in [0.2, 0.25) is 0 Å². The second-order valence-corrected chi connectivity index (χ2v) is 5.46. The molecule has 0 spiro atoms. The van der Waals surface area contributed by atoms with E-state index >= 15 is 0 Å². The third-order valence-electron chi connectivity index (χ3n) is 2.38. The Kier molecular flexibility index (Phi) is 3.60. The molecule has 0 N–H and O–H groups in total. The molecule has 4 heteroatoms. The molecule has 0 aromatic carbocycles. The van der Waals surface area contributed by atoms with E-state index in [0.29, 0.717) is 6.10 Å². The molecule has 2 rings (SSSR count). The van der Waals surface area contributed by atoms with Crippen molar-refractivity contribution in [3.8, 4) is 0 Å². The first-order chi connectivity index (χ1) is 6.75. The van der Waals surface area contributed by atoms with Crippen LogP contribution in [0.1, 0.15) is 11.8 Å². The van der Waals surface area contributed by atoms with Crippen molar-refractivity contribution in [1.29, 1.82) is 0 Å². The highest BCUT2D eigenvalue weighted by Crippen LogP contribution is 2.24. The van der Waals surface area contributed by atoms with Gasteiger partial charge < -0.3 is 4.74 Å². The molecule has 0 amide bonds. The van der Waals surface area contributed by atoms with Crippen molar-refractivity contribution < 1.29 is 4.74 Å². The number of thiophene rings is 1. The van der Waals surface area contributed by atoms with E-state index in [2.05, 4.69) is 39.2 Å². The molecule has 0 aliphatic carbocycles. The van der Waals surface area contributed by atoms with E-state index in [0.717, 1.165) is 26.2 Å². The third-order valence-corrected chi connectivity index (χ3v) is 4.29. The molecule has 1 aliphatic rings. The van der Waals surface area contributed by atoms with Crippen LogP contribution in [0.2, 0.25) is 0 Å². The van der Waals surface area contributed by atoms with Gasteiger partial charge >= 0.3 is 0 Å². The quantitative estimate of drug-likeness (QED) is 0.823. The zero-order chi connectivity index (χ0) is 9.97. The van der Waals surface area contributed by atoms with Gasteiger partial charge in [0.25, 0.3) is 0 Å².